The predicted molar refractivity (Wildman–Crippen MR) is 91.8 cm³/mol. The van der Waals surface area contributed by atoms with E-state index in [1.165, 1.54) is 6.21 Å². The molecule has 0 fully saturated rings. The molecular weight excluding hydrogens is 312 g/mol. The highest BCUT2D eigenvalue weighted by Gasteiger charge is 2.12. The summed E-state index contributed by atoms with van der Waals surface area (Å²) in [5.74, 6) is 0.0933. The van der Waals surface area contributed by atoms with Gasteiger partial charge in [0.15, 0.2) is 5.69 Å². The first kappa shape index (κ1) is 15.3. The van der Waals surface area contributed by atoms with E-state index in [2.05, 4.69) is 9.98 Å². The number of aromatic nitrogens is 1. The Hall–Kier alpha value is -2.59. The van der Waals surface area contributed by atoms with Crippen LogP contribution in [0.5, 0.6) is 5.95 Å². The van der Waals surface area contributed by atoms with E-state index in [-0.39, 0.29) is 11.6 Å². The van der Waals surface area contributed by atoms with Crippen LogP contribution in [0.1, 0.15) is 16.8 Å². The van der Waals surface area contributed by atoms with Crippen molar-refractivity contribution in [3.05, 3.63) is 64.3 Å². The Morgan fingerprint density at radius 2 is 1.87 bits per heavy atom. The summed E-state index contributed by atoms with van der Waals surface area (Å²) in [7, 11) is 0. The Bertz CT molecular complexity index is 867. The molecule has 1 N–H and O–H groups in total. The third-order valence-corrected chi connectivity index (χ3v) is 3.67. The second-order valence-electron chi connectivity index (χ2n) is 5.26. The normalized spacial score (nSPS) is 11.3. The van der Waals surface area contributed by atoms with E-state index < -0.39 is 0 Å². The number of benzene rings is 2. The van der Waals surface area contributed by atoms with Gasteiger partial charge in [0.05, 0.1) is 11.9 Å². The molecule has 3 aromatic rings. The quantitative estimate of drug-likeness (QED) is 0.684. The van der Waals surface area contributed by atoms with E-state index in [1.807, 2.05) is 44.2 Å². The smallest absolute Gasteiger partial charge is 0.312 e. The molecule has 23 heavy (non-hydrogen) atoms. The zero-order valence-corrected chi connectivity index (χ0v) is 13.5. The van der Waals surface area contributed by atoms with Gasteiger partial charge in [-0.2, -0.15) is 0 Å². The molecule has 0 unspecified atom stereocenters. The highest BCUT2D eigenvalue weighted by molar-refractivity contribution is 6.30. The number of nitrogens with zero attached hydrogens (tertiary/aromatic N) is 2. The molecule has 1 heterocycles. The monoisotopic (exact) mass is 326 g/mol. The topological polar surface area (TPSA) is 58.6 Å². The molecule has 0 aliphatic carbocycles. The number of aromatic hydroxyl groups is 1. The van der Waals surface area contributed by atoms with Crippen LogP contribution in [0, 0.1) is 13.8 Å². The molecule has 0 amide bonds. The highest BCUT2D eigenvalue weighted by Crippen LogP contribution is 2.27. The van der Waals surface area contributed by atoms with Gasteiger partial charge in [0.1, 0.15) is 0 Å². The zero-order valence-electron chi connectivity index (χ0n) is 12.7. The summed E-state index contributed by atoms with van der Waals surface area (Å²) >= 11 is 5.97. The molecule has 0 saturated heterocycles. The lowest BCUT2D eigenvalue weighted by Crippen LogP contribution is -1.84. The molecule has 0 atom stereocenters. The van der Waals surface area contributed by atoms with Gasteiger partial charge in [-0.3, -0.25) is 4.99 Å². The van der Waals surface area contributed by atoms with Crippen molar-refractivity contribution < 1.29 is 9.52 Å². The summed E-state index contributed by atoms with van der Waals surface area (Å²) in [6.07, 6.45) is 1.47. The van der Waals surface area contributed by atoms with Crippen LogP contribution in [-0.4, -0.2) is 16.3 Å². The molecule has 116 valence electrons. The van der Waals surface area contributed by atoms with Crippen LogP contribution < -0.4 is 0 Å². The van der Waals surface area contributed by atoms with Crippen molar-refractivity contribution in [1.82, 2.24) is 4.98 Å². The van der Waals surface area contributed by atoms with Gasteiger partial charge in [-0.1, -0.05) is 35.4 Å². The fourth-order valence-corrected chi connectivity index (χ4v) is 2.25. The molecule has 1 aromatic heterocycles. The predicted octanol–water partition coefficient (Wildman–Crippen LogP) is 5.07. The molecule has 2 aromatic carbocycles. The van der Waals surface area contributed by atoms with Gasteiger partial charge in [0.25, 0.3) is 0 Å². The summed E-state index contributed by atoms with van der Waals surface area (Å²) < 4.78 is 5.31. The van der Waals surface area contributed by atoms with Crippen molar-refractivity contribution in [2.75, 3.05) is 0 Å². The van der Waals surface area contributed by atoms with E-state index in [9.17, 15) is 5.11 Å². The SMILES string of the molecule is Cc1ccc(-c2nc(C=Nc3cc(Cl)ccc3C)c(O)o2)cc1. The molecule has 3 rings (SSSR count). The van der Waals surface area contributed by atoms with E-state index in [0.717, 1.165) is 22.4 Å². The number of halogens is 1. The van der Waals surface area contributed by atoms with Gasteiger partial charge < -0.3 is 9.52 Å². The number of hydrogen-bond donors (Lipinski definition) is 1. The minimum atomic E-state index is -0.260. The summed E-state index contributed by atoms with van der Waals surface area (Å²) in [4.78, 5) is 8.60. The second kappa shape index (κ2) is 6.26. The molecule has 4 nitrogen and oxygen atoms in total. The van der Waals surface area contributed by atoms with Crippen LogP contribution in [0.25, 0.3) is 11.5 Å². The number of rotatable bonds is 3. The maximum absolute atomic E-state index is 9.90. The molecule has 0 spiro atoms. The van der Waals surface area contributed by atoms with Gasteiger partial charge in [-0.15, -0.1) is 0 Å². The van der Waals surface area contributed by atoms with Crippen molar-refractivity contribution >= 4 is 23.5 Å². The van der Waals surface area contributed by atoms with Crippen molar-refractivity contribution in [2.45, 2.75) is 13.8 Å². The van der Waals surface area contributed by atoms with Crippen molar-refractivity contribution in [3.63, 3.8) is 0 Å². The summed E-state index contributed by atoms with van der Waals surface area (Å²) in [6.45, 7) is 3.94. The molecule has 5 heteroatoms. The standard InChI is InChI=1S/C18H15ClN2O2/c1-11-3-6-13(7-4-11)17-21-16(18(22)23-17)10-20-15-9-14(19)8-5-12(15)2/h3-10,22H,1-2H3. The van der Waals surface area contributed by atoms with Crippen molar-refractivity contribution in [3.8, 4) is 17.4 Å². The Morgan fingerprint density at radius 1 is 1.13 bits per heavy atom. The average Bonchev–Trinajstić information content (AvgIpc) is 2.90. The van der Waals surface area contributed by atoms with Crippen LogP contribution in [0.15, 0.2) is 51.9 Å². The summed E-state index contributed by atoms with van der Waals surface area (Å²) in [5, 5.41) is 10.5. The Morgan fingerprint density at radius 3 is 2.61 bits per heavy atom. The molecule has 0 bridgehead atoms. The Labute approximate surface area is 139 Å². The van der Waals surface area contributed by atoms with E-state index in [0.29, 0.717) is 10.9 Å². The average molecular weight is 327 g/mol. The third kappa shape index (κ3) is 3.43. The molecule has 0 aliphatic heterocycles. The number of aryl methyl sites for hydroxylation is 2. The molecular formula is C18H15ClN2O2. The van der Waals surface area contributed by atoms with Crippen LogP contribution in [-0.2, 0) is 0 Å². The van der Waals surface area contributed by atoms with Gasteiger partial charge >= 0.3 is 5.95 Å². The summed E-state index contributed by atoms with van der Waals surface area (Å²) in [6, 6.07) is 13.1. The van der Waals surface area contributed by atoms with E-state index >= 15 is 0 Å². The maximum Gasteiger partial charge on any atom is 0.312 e. The van der Waals surface area contributed by atoms with Gasteiger partial charge in [0, 0.05) is 10.6 Å². The summed E-state index contributed by atoms with van der Waals surface area (Å²) in [5.41, 5.74) is 3.91. The van der Waals surface area contributed by atoms with E-state index in [4.69, 9.17) is 16.0 Å². The van der Waals surface area contributed by atoms with E-state index in [1.54, 1.807) is 12.1 Å². The largest absolute Gasteiger partial charge is 0.479 e. The lowest BCUT2D eigenvalue weighted by atomic mass is 10.1. The van der Waals surface area contributed by atoms with Gasteiger partial charge in [0.2, 0.25) is 5.89 Å². The van der Waals surface area contributed by atoms with Crippen molar-refractivity contribution in [2.24, 2.45) is 4.99 Å². The minimum Gasteiger partial charge on any atom is -0.479 e. The lowest BCUT2D eigenvalue weighted by molar-refractivity contribution is 0.337. The minimum absolute atomic E-state index is 0.260. The second-order valence-corrected chi connectivity index (χ2v) is 5.70. The zero-order chi connectivity index (χ0) is 16.4. The third-order valence-electron chi connectivity index (χ3n) is 3.43. The molecule has 0 aliphatic rings. The number of hydrogen-bond acceptors (Lipinski definition) is 4. The maximum atomic E-state index is 9.90. The van der Waals surface area contributed by atoms with Crippen LogP contribution in [0.3, 0.4) is 0 Å². The molecule has 0 saturated carbocycles. The number of aliphatic imine (C=N–C) groups is 1. The first-order chi connectivity index (χ1) is 11.0. The van der Waals surface area contributed by atoms with Crippen molar-refractivity contribution in [1.29, 1.82) is 0 Å². The lowest BCUT2D eigenvalue weighted by Gasteiger charge is -1.99. The molecule has 0 radical (unpaired) electrons. The fourth-order valence-electron chi connectivity index (χ4n) is 2.08. The highest BCUT2D eigenvalue weighted by atomic mass is 35.5. The Kier molecular flexibility index (Phi) is 4.17. The first-order valence-electron chi connectivity index (χ1n) is 7.10. The van der Waals surface area contributed by atoms with Crippen LogP contribution in [0.4, 0.5) is 5.69 Å². The van der Waals surface area contributed by atoms with Gasteiger partial charge in [-0.25, -0.2) is 4.98 Å². The first-order valence-corrected chi connectivity index (χ1v) is 7.48. The Balaban J connectivity index is 1.90. The fraction of sp³-hybridized carbons (Fsp3) is 0.111. The number of oxazole rings is 1. The van der Waals surface area contributed by atoms with Gasteiger partial charge in [-0.05, 0) is 43.7 Å². The van der Waals surface area contributed by atoms with Crippen LogP contribution in [0.2, 0.25) is 5.02 Å². The van der Waals surface area contributed by atoms with Crippen LogP contribution >= 0.6 is 11.6 Å².